The minimum absolute atomic E-state index is 0.0139. The summed E-state index contributed by atoms with van der Waals surface area (Å²) in [4.78, 5) is 16.4. The van der Waals surface area contributed by atoms with E-state index in [9.17, 15) is 18.0 Å². The van der Waals surface area contributed by atoms with Gasteiger partial charge in [-0.3, -0.25) is 4.79 Å². The Kier molecular flexibility index (Phi) is 5.63. The zero-order chi connectivity index (χ0) is 20.1. The highest BCUT2D eigenvalue weighted by Crippen LogP contribution is 2.32. The predicted molar refractivity (Wildman–Crippen MR) is 98.1 cm³/mol. The maximum Gasteiger partial charge on any atom is 0.416 e. The first kappa shape index (κ1) is 19.4. The fraction of sp³-hybridized carbons (Fsp3) is 0.143. The van der Waals surface area contributed by atoms with Crippen LogP contribution >= 0.6 is 0 Å². The van der Waals surface area contributed by atoms with Gasteiger partial charge in [0.05, 0.1) is 5.56 Å². The van der Waals surface area contributed by atoms with Crippen LogP contribution in [0.25, 0.3) is 0 Å². The third kappa shape index (κ3) is 4.68. The number of ether oxygens (including phenoxy) is 1. The molecule has 1 heterocycles. The number of hydrogen-bond acceptors (Lipinski definition) is 3. The first-order chi connectivity index (χ1) is 13.3. The van der Waals surface area contributed by atoms with Crippen LogP contribution in [0.2, 0.25) is 0 Å². The second kappa shape index (κ2) is 8.12. The van der Waals surface area contributed by atoms with E-state index in [2.05, 4.69) is 10.3 Å². The Morgan fingerprint density at radius 3 is 2.61 bits per heavy atom. The molecule has 0 saturated carbocycles. The van der Waals surface area contributed by atoms with E-state index in [1.165, 1.54) is 18.3 Å². The summed E-state index contributed by atoms with van der Waals surface area (Å²) in [6.07, 6.45) is -3.00. The fourth-order valence-electron chi connectivity index (χ4n) is 2.60. The van der Waals surface area contributed by atoms with E-state index >= 15 is 0 Å². The van der Waals surface area contributed by atoms with Crippen LogP contribution in [-0.2, 0) is 12.7 Å². The van der Waals surface area contributed by atoms with Crippen LogP contribution in [0.5, 0.6) is 11.6 Å². The lowest BCUT2D eigenvalue weighted by Crippen LogP contribution is -2.23. The van der Waals surface area contributed by atoms with E-state index in [4.69, 9.17) is 4.74 Å². The summed E-state index contributed by atoms with van der Waals surface area (Å²) in [5.41, 5.74) is 1.12. The number of nitrogens with zero attached hydrogens (tertiary/aromatic N) is 1. The van der Waals surface area contributed by atoms with Gasteiger partial charge in [0.25, 0.3) is 5.91 Å². The van der Waals surface area contributed by atoms with Crippen LogP contribution < -0.4 is 10.1 Å². The van der Waals surface area contributed by atoms with Crippen LogP contribution in [0.1, 0.15) is 27.0 Å². The highest BCUT2D eigenvalue weighted by molar-refractivity contribution is 5.95. The van der Waals surface area contributed by atoms with E-state index in [1.807, 2.05) is 19.1 Å². The van der Waals surface area contributed by atoms with Crippen molar-refractivity contribution in [3.8, 4) is 11.6 Å². The van der Waals surface area contributed by atoms with Crippen LogP contribution in [-0.4, -0.2) is 10.9 Å². The Labute approximate surface area is 160 Å². The molecule has 0 atom stereocenters. The van der Waals surface area contributed by atoms with Gasteiger partial charge >= 0.3 is 6.18 Å². The molecule has 0 aliphatic heterocycles. The third-order valence-electron chi connectivity index (χ3n) is 4.05. The summed E-state index contributed by atoms with van der Waals surface area (Å²) in [7, 11) is 0. The Bertz CT molecular complexity index is 987. The van der Waals surface area contributed by atoms with E-state index in [0.29, 0.717) is 11.1 Å². The van der Waals surface area contributed by atoms with Gasteiger partial charge in [-0.15, -0.1) is 0 Å². The molecule has 7 heteroatoms. The summed E-state index contributed by atoms with van der Waals surface area (Å²) >= 11 is 0. The second-order valence-corrected chi connectivity index (χ2v) is 6.09. The van der Waals surface area contributed by atoms with Crippen LogP contribution in [0.3, 0.4) is 0 Å². The molecule has 0 fully saturated rings. The predicted octanol–water partition coefficient (Wildman–Crippen LogP) is 5.13. The van der Waals surface area contributed by atoms with Gasteiger partial charge in [-0.1, -0.05) is 30.3 Å². The molecule has 1 N–H and O–H groups in total. The molecule has 1 aromatic heterocycles. The van der Waals surface area contributed by atoms with Crippen LogP contribution in [0.4, 0.5) is 13.2 Å². The lowest BCUT2D eigenvalue weighted by molar-refractivity contribution is -0.137. The molecule has 0 spiro atoms. The molecule has 0 bridgehead atoms. The molecule has 0 unspecified atom stereocenters. The average Bonchev–Trinajstić information content (AvgIpc) is 2.67. The van der Waals surface area contributed by atoms with Gasteiger partial charge in [0.15, 0.2) is 0 Å². The fourth-order valence-corrected chi connectivity index (χ4v) is 2.60. The molecule has 4 nitrogen and oxygen atoms in total. The van der Waals surface area contributed by atoms with Crippen molar-refractivity contribution in [2.24, 2.45) is 0 Å². The Morgan fingerprint density at radius 1 is 1.07 bits per heavy atom. The third-order valence-corrected chi connectivity index (χ3v) is 4.05. The standard InChI is InChI=1S/C21H17F3N2O2/c1-14-6-2-3-10-18(14)19(27)26-13-15-7-5-11-25-20(15)28-17-9-4-8-16(12-17)21(22,23)24/h2-12H,13H2,1H3,(H,26,27). The van der Waals surface area contributed by atoms with E-state index in [-0.39, 0.29) is 24.1 Å². The Hall–Kier alpha value is -3.35. The number of pyridine rings is 1. The molecular formula is C21H17F3N2O2. The van der Waals surface area contributed by atoms with E-state index < -0.39 is 11.7 Å². The molecule has 0 radical (unpaired) electrons. The Balaban J connectivity index is 1.75. The van der Waals surface area contributed by atoms with E-state index in [1.54, 1.807) is 24.3 Å². The zero-order valence-corrected chi connectivity index (χ0v) is 15.0. The minimum atomic E-state index is -4.46. The summed E-state index contributed by atoms with van der Waals surface area (Å²) in [6.45, 7) is 1.95. The second-order valence-electron chi connectivity index (χ2n) is 6.09. The summed E-state index contributed by atoms with van der Waals surface area (Å²) < 4.78 is 44.2. The summed E-state index contributed by atoms with van der Waals surface area (Å²) in [6, 6.07) is 15.1. The van der Waals surface area contributed by atoms with Gasteiger partial charge in [0, 0.05) is 23.9 Å². The van der Waals surface area contributed by atoms with Crippen molar-refractivity contribution in [2.75, 3.05) is 0 Å². The molecule has 0 aliphatic carbocycles. The van der Waals surface area contributed by atoms with Crippen molar-refractivity contribution < 1.29 is 22.7 Å². The van der Waals surface area contributed by atoms with Gasteiger partial charge in [-0.2, -0.15) is 13.2 Å². The normalized spacial score (nSPS) is 11.1. The molecule has 0 saturated heterocycles. The number of alkyl halides is 3. The Morgan fingerprint density at radius 2 is 1.86 bits per heavy atom. The quantitative estimate of drug-likeness (QED) is 0.661. The molecule has 0 aliphatic rings. The highest BCUT2D eigenvalue weighted by atomic mass is 19.4. The van der Waals surface area contributed by atoms with Gasteiger partial charge in [-0.25, -0.2) is 4.98 Å². The first-order valence-electron chi connectivity index (χ1n) is 8.47. The number of aromatic nitrogens is 1. The molecule has 1 amide bonds. The first-order valence-corrected chi connectivity index (χ1v) is 8.47. The lowest BCUT2D eigenvalue weighted by atomic mass is 10.1. The lowest BCUT2D eigenvalue weighted by Gasteiger charge is -2.13. The number of carbonyl (C=O) groups excluding carboxylic acids is 1. The number of amides is 1. The molecule has 28 heavy (non-hydrogen) atoms. The van der Waals surface area contributed by atoms with Crippen molar-refractivity contribution in [2.45, 2.75) is 19.6 Å². The monoisotopic (exact) mass is 386 g/mol. The van der Waals surface area contributed by atoms with Crippen molar-refractivity contribution in [1.29, 1.82) is 0 Å². The number of carbonyl (C=O) groups is 1. The number of halogens is 3. The van der Waals surface area contributed by atoms with Crippen LogP contribution in [0, 0.1) is 6.92 Å². The molecule has 3 aromatic rings. The minimum Gasteiger partial charge on any atom is -0.439 e. The van der Waals surface area contributed by atoms with Crippen molar-refractivity contribution in [3.63, 3.8) is 0 Å². The highest BCUT2D eigenvalue weighted by Gasteiger charge is 2.30. The van der Waals surface area contributed by atoms with Gasteiger partial charge in [0.2, 0.25) is 5.88 Å². The largest absolute Gasteiger partial charge is 0.439 e. The van der Waals surface area contributed by atoms with Crippen molar-refractivity contribution in [1.82, 2.24) is 10.3 Å². The average molecular weight is 386 g/mol. The maximum absolute atomic E-state index is 12.9. The SMILES string of the molecule is Cc1ccccc1C(=O)NCc1cccnc1Oc1cccc(C(F)(F)F)c1. The number of rotatable bonds is 5. The number of hydrogen-bond donors (Lipinski definition) is 1. The summed E-state index contributed by atoms with van der Waals surface area (Å²) in [5.74, 6) is -0.112. The summed E-state index contributed by atoms with van der Waals surface area (Å²) in [5, 5.41) is 2.78. The molecule has 144 valence electrons. The van der Waals surface area contributed by atoms with Gasteiger partial charge in [-0.05, 0) is 42.8 Å². The zero-order valence-electron chi connectivity index (χ0n) is 15.0. The number of nitrogens with one attached hydrogen (secondary N) is 1. The maximum atomic E-state index is 12.9. The number of aryl methyl sites for hydroxylation is 1. The molecular weight excluding hydrogens is 369 g/mol. The smallest absolute Gasteiger partial charge is 0.416 e. The topological polar surface area (TPSA) is 51.2 Å². The molecule has 2 aromatic carbocycles. The number of benzene rings is 2. The van der Waals surface area contributed by atoms with Crippen molar-refractivity contribution >= 4 is 5.91 Å². The van der Waals surface area contributed by atoms with Crippen molar-refractivity contribution in [3.05, 3.63) is 89.1 Å². The van der Waals surface area contributed by atoms with Gasteiger partial charge < -0.3 is 10.1 Å². The van der Waals surface area contributed by atoms with Crippen LogP contribution in [0.15, 0.2) is 66.9 Å². The molecule has 3 rings (SSSR count). The van der Waals surface area contributed by atoms with Gasteiger partial charge in [0.1, 0.15) is 5.75 Å². The van der Waals surface area contributed by atoms with E-state index in [0.717, 1.165) is 17.7 Å².